The molecule has 1 amide bonds. The molecule has 1 aromatic carbocycles. The molecule has 0 saturated heterocycles. The number of aryl methyl sites for hydroxylation is 1. The van der Waals surface area contributed by atoms with E-state index in [2.05, 4.69) is 24.2 Å². The molecule has 6 heteroatoms. The lowest BCUT2D eigenvalue weighted by Gasteiger charge is -2.20. The summed E-state index contributed by atoms with van der Waals surface area (Å²) in [5.41, 5.74) is 8.42. The van der Waals surface area contributed by atoms with E-state index in [1.807, 2.05) is 31.2 Å². The van der Waals surface area contributed by atoms with Gasteiger partial charge in [-0.2, -0.15) is 0 Å². The first-order valence-corrected chi connectivity index (χ1v) is 7.89. The Morgan fingerprint density at radius 1 is 1.30 bits per heavy atom. The van der Waals surface area contributed by atoms with Gasteiger partial charge in [-0.15, -0.1) is 5.10 Å². The smallest absolute Gasteiger partial charge is 0.275 e. The zero-order chi connectivity index (χ0) is 17.0. The van der Waals surface area contributed by atoms with Crippen molar-refractivity contribution in [2.75, 3.05) is 13.6 Å². The van der Waals surface area contributed by atoms with E-state index in [0.29, 0.717) is 18.2 Å². The Labute approximate surface area is 137 Å². The van der Waals surface area contributed by atoms with Crippen LogP contribution in [0.3, 0.4) is 0 Å². The van der Waals surface area contributed by atoms with Crippen molar-refractivity contribution in [3.8, 4) is 5.69 Å². The van der Waals surface area contributed by atoms with E-state index in [0.717, 1.165) is 12.1 Å². The molecular formula is C17H25N5O. The van der Waals surface area contributed by atoms with Crippen LogP contribution in [0.4, 0.5) is 0 Å². The first-order chi connectivity index (χ1) is 10.9. The number of amides is 1. The topological polar surface area (TPSA) is 77.0 Å². The lowest BCUT2D eigenvalue weighted by molar-refractivity contribution is 0.0783. The molecule has 2 N–H and O–H groups in total. The predicted octanol–water partition coefficient (Wildman–Crippen LogP) is 2.02. The Hall–Kier alpha value is -2.21. The van der Waals surface area contributed by atoms with E-state index in [-0.39, 0.29) is 11.9 Å². The van der Waals surface area contributed by atoms with E-state index in [9.17, 15) is 4.79 Å². The molecule has 6 nitrogen and oxygen atoms in total. The van der Waals surface area contributed by atoms with E-state index < -0.39 is 0 Å². The van der Waals surface area contributed by atoms with Gasteiger partial charge in [0.2, 0.25) is 0 Å². The Morgan fingerprint density at radius 2 is 1.96 bits per heavy atom. The second-order valence-corrected chi connectivity index (χ2v) is 6.31. The van der Waals surface area contributed by atoms with E-state index in [4.69, 9.17) is 5.73 Å². The van der Waals surface area contributed by atoms with Gasteiger partial charge in [0.1, 0.15) is 0 Å². The normalized spacial score (nSPS) is 12.4. The Kier molecular flexibility index (Phi) is 5.50. The number of carbonyl (C=O) groups is 1. The van der Waals surface area contributed by atoms with Crippen LogP contribution in [0.1, 0.15) is 36.3 Å². The largest absolute Gasteiger partial charge is 0.340 e. The number of nitrogens with two attached hydrogens (primary N) is 1. The summed E-state index contributed by atoms with van der Waals surface area (Å²) in [5.74, 6) is 0.264. The highest BCUT2D eigenvalue weighted by Crippen LogP contribution is 2.10. The van der Waals surface area contributed by atoms with Crippen LogP contribution in [0.2, 0.25) is 0 Å². The molecule has 0 spiro atoms. The fourth-order valence-electron chi connectivity index (χ4n) is 2.16. The second kappa shape index (κ2) is 7.37. The third-order valence-corrected chi connectivity index (χ3v) is 4.01. The highest BCUT2D eigenvalue weighted by molar-refractivity contribution is 5.91. The molecule has 2 aromatic rings. The zero-order valence-electron chi connectivity index (χ0n) is 14.2. The third kappa shape index (κ3) is 4.39. The lowest BCUT2D eigenvalue weighted by Crippen LogP contribution is -2.34. The molecule has 1 unspecified atom stereocenters. The van der Waals surface area contributed by atoms with E-state index >= 15 is 0 Å². The fraction of sp³-hybridized carbons (Fsp3) is 0.471. The maximum Gasteiger partial charge on any atom is 0.275 e. The van der Waals surface area contributed by atoms with Crippen LogP contribution in [0.25, 0.3) is 5.69 Å². The first kappa shape index (κ1) is 17.1. The van der Waals surface area contributed by atoms with Gasteiger partial charge in [-0.1, -0.05) is 36.8 Å². The molecule has 0 fully saturated rings. The number of benzene rings is 1. The summed E-state index contributed by atoms with van der Waals surface area (Å²) in [6.45, 7) is 6.80. The molecule has 0 aliphatic rings. The van der Waals surface area contributed by atoms with E-state index in [1.165, 1.54) is 5.56 Å². The van der Waals surface area contributed by atoms with Gasteiger partial charge in [-0.05, 0) is 31.4 Å². The van der Waals surface area contributed by atoms with Crippen LogP contribution in [0.15, 0.2) is 30.5 Å². The second-order valence-electron chi connectivity index (χ2n) is 6.31. The summed E-state index contributed by atoms with van der Waals surface area (Å²) in [6.07, 6.45) is 2.43. The predicted molar refractivity (Wildman–Crippen MR) is 90.5 cm³/mol. The van der Waals surface area contributed by atoms with Gasteiger partial charge in [0, 0.05) is 19.6 Å². The van der Waals surface area contributed by atoms with Gasteiger partial charge in [0.05, 0.1) is 11.9 Å². The molecular weight excluding hydrogens is 290 g/mol. The summed E-state index contributed by atoms with van der Waals surface area (Å²) in [5, 5.41) is 8.03. The van der Waals surface area contributed by atoms with Gasteiger partial charge in [-0.3, -0.25) is 4.79 Å². The highest BCUT2D eigenvalue weighted by atomic mass is 16.2. The number of nitrogens with zero attached hydrogens (tertiary/aromatic N) is 4. The SMILES string of the molecule is Cc1ccc(-n2cc(C(=O)N(C)CCC(N)C(C)C)nn2)cc1. The monoisotopic (exact) mass is 315 g/mol. The van der Waals surface area contributed by atoms with Crippen molar-refractivity contribution in [2.45, 2.75) is 33.2 Å². The van der Waals surface area contributed by atoms with Crippen molar-refractivity contribution in [2.24, 2.45) is 11.7 Å². The standard InChI is InChI=1S/C17H25N5O/c1-12(2)15(18)9-10-21(4)17(23)16-11-22(20-19-16)14-7-5-13(3)6-8-14/h5-8,11-12,15H,9-10,18H2,1-4H3. The van der Waals surface area contributed by atoms with Gasteiger partial charge in [0.15, 0.2) is 5.69 Å². The molecule has 1 aromatic heterocycles. The average Bonchev–Trinajstić information content (AvgIpc) is 3.01. The van der Waals surface area contributed by atoms with Crippen molar-refractivity contribution in [1.29, 1.82) is 0 Å². The van der Waals surface area contributed by atoms with Crippen LogP contribution in [-0.4, -0.2) is 45.4 Å². The van der Waals surface area contributed by atoms with Gasteiger partial charge >= 0.3 is 0 Å². The molecule has 0 aliphatic heterocycles. The highest BCUT2D eigenvalue weighted by Gasteiger charge is 2.17. The summed E-state index contributed by atoms with van der Waals surface area (Å²) in [6, 6.07) is 7.98. The minimum Gasteiger partial charge on any atom is -0.340 e. The molecule has 1 heterocycles. The van der Waals surface area contributed by atoms with Crippen LogP contribution in [0.5, 0.6) is 0 Å². The number of hydrogen-bond donors (Lipinski definition) is 1. The number of rotatable bonds is 6. The minimum atomic E-state index is -0.140. The average molecular weight is 315 g/mol. The molecule has 1 atom stereocenters. The summed E-state index contributed by atoms with van der Waals surface area (Å²) < 4.78 is 1.61. The fourth-order valence-corrected chi connectivity index (χ4v) is 2.16. The molecule has 0 radical (unpaired) electrons. The quantitative estimate of drug-likeness (QED) is 0.884. The molecule has 0 bridgehead atoms. The third-order valence-electron chi connectivity index (χ3n) is 4.01. The van der Waals surface area contributed by atoms with E-state index in [1.54, 1.807) is 22.8 Å². The molecule has 0 saturated carbocycles. The number of aromatic nitrogens is 3. The van der Waals surface area contributed by atoms with Crippen molar-refractivity contribution in [1.82, 2.24) is 19.9 Å². The van der Waals surface area contributed by atoms with Gasteiger partial charge in [-0.25, -0.2) is 4.68 Å². The zero-order valence-corrected chi connectivity index (χ0v) is 14.2. The molecule has 23 heavy (non-hydrogen) atoms. The molecule has 2 rings (SSSR count). The molecule has 0 aliphatic carbocycles. The maximum atomic E-state index is 12.4. The van der Waals surface area contributed by atoms with Crippen LogP contribution in [-0.2, 0) is 0 Å². The molecule has 124 valence electrons. The van der Waals surface area contributed by atoms with Crippen molar-refractivity contribution >= 4 is 5.91 Å². The lowest BCUT2D eigenvalue weighted by atomic mass is 10.0. The van der Waals surface area contributed by atoms with Crippen molar-refractivity contribution < 1.29 is 4.79 Å². The van der Waals surface area contributed by atoms with Crippen molar-refractivity contribution in [3.63, 3.8) is 0 Å². The number of hydrogen-bond acceptors (Lipinski definition) is 4. The van der Waals surface area contributed by atoms with Gasteiger partial charge in [0.25, 0.3) is 5.91 Å². The minimum absolute atomic E-state index is 0.0912. The van der Waals surface area contributed by atoms with Crippen LogP contribution >= 0.6 is 0 Å². The Balaban J connectivity index is 2.01. The summed E-state index contributed by atoms with van der Waals surface area (Å²) in [4.78, 5) is 14.0. The Bertz CT molecular complexity index is 647. The van der Waals surface area contributed by atoms with Crippen molar-refractivity contribution in [3.05, 3.63) is 41.7 Å². The number of carbonyl (C=O) groups excluding carboxylic acids is 1. The van der Waals surface area contributed by atoms with Crippen LogP contribution < -0.4 is 5.73 Å². The van der Waals surface area contributed by atoms with Gasteiger partial charge < -0.3 is 10.6 Å². The summed E-state index contributed by atoms with van der Waals surface area (Å²) in [7, 11) is 1.76. The van der Waals surface area contributed by atoms with Crippen LogP contribution in [0, 0.1) is 12.8 Å². The summed E-state index contributed by atoms with van der Waals surface area (Å²) >= 11 is 0. The first-order valence-electron chi connectivity index (χ1n) is 7.89. The maximum absolute atomic E-state index is 12.4. The Morgan fingerprint density at radius 3 is 2.57 bits per heavy atom.